The van der Waals surface area contributed by atoms with Crippen LogP contribution in [0.5, 0.6) is 5.75 Å². The summed E-state index contributed by atoms with van der Waals surface area (Å²) >= 11 is 0. The molecule has 0 aromatic heterocycles. The van der Waals surface area contributed by atoms with Crippen LogP contribution in [0.3, 0.4) is 0 Å². The zero-order chi connectivity index (χ0) is 31.6. The lowest BCUT2D eigenvalue weighted by Crippen LogP contribution is -3.00. The number of halogens is 1. The first-order valence-electron chi connectivity index (χ1n) is 15.4. The molecule has 0 aliphatic rings. The van der Waals surface area contributed by atoms with Gasteiger partial charge in [0.05, 0.1) is 26.7 Å². The molecule has 4 rings (SSSR count). The summed E-state index contributed by atoms with van der Waals surface area (Å²) in [4.78, 5) is 0. The van der Waals surface area contributed by atoms with Gasteiger partial charge in [-0.2, -0.15) is 0 Å². The van der Waals surface area contributed by atoms with Crippen molar-refractivity contribution in [2.75, 3.05) is 0 Å². The van der Waals surface area contributed by atoms with Crippen molar-refractivity contribution in [1.29, 1.82) is 0 Å². The van der Waals surface area contributed by atoms with Crippen LogP contribution in [0, 0.1) is 0 Å². The Bertz CT molecular complexity index is 1540. The Balaban J connectivity index is 0.00000506. The molecule has 4 aromatic carbocycles. The highest BCUT2D eigenvalue weighted by Gasteiger charge is 2.45. The summed E-state index contributed by atoms with van der Waals surface area (Å²) in [5.41, 5.74) is 0.189. The van der Waals surface area contributed by atoms with Crippen molar-refractivity contribution in [3.63, 3.8) is 0 Å². The van der Waals surface area contributed by atoms with Crippen molar-refractivity contribution >= 4 is 23.2 Å². The molecule has 0 aliphatic heterocycles. The van der Waals surface area contributed by atoms with Gasteiger partial charge in [0.1, 0.15) is 28.9 Å². The highest BCUT2D eigenvalue weighted by molar-refractivity contribution is 7.95. The minimum atomic E-state index is -4.45. The summed E-state index contributed by atoms with van der Waals surface area (Å²) in [5, 5.41) is 8.58. The van der Waals surface area contributed by atoms with E-state index in [0.717, 1.165) is 0 Å². The van der Waals surface area contributed by atoms with Gasteiger partial charge < -0.3 is 22.1 Å². The molecule has 0 spiro atoms. The summed E-state index contributed by atoms with van der Waals surface area (Å²) in [6, 6.07) is -6.82. The average Bonchev–Trinajstić information content (AvgIpc) is 2.95. The lowest BCUT2D eigenvalue weighted by molar-refractivity contribution is -0.00000631. The van der Waals surface area contributed by atoms with Gasteiger partial charge in [0.15, 0.2) is 0 Å². The van der Waals surface area contributed by atoms with Crippen LogP contribution in [0.4, 0.5) is 0 Å². The highest BCUT2D eigenvalue weighted by Crippen LogP contribution is 2.58. The van der Waals surface area contributed by atoms with E-state index in [-0.39, 0.29) is 28.3 Å². The number of hydrogen-bond donors (Lipinski definition) is 1. The number of hydrogen-bond acceptors (Lipinski definition) is 1. The van der Waals surface area contributed by atoms with Gasteiger partial charge in [0.2, 0.25) is 0 Å². The number of rotatable bonds is 5. The second-order valence-electron chi connectivity index (χ2n) is 5.56. The Hall–Kier alpha value is -2.41. The lowest BCUT2D eigenvalue weighted by Gasteiger charge is -2.27. The molecule has 28 heavy (non-hydrogen) atoms. The highest BCUT2D eigenvalue weighted by atomic mass is 79.9. The minimum Gasteiger partial charge on any atom is -1.00 e. The second kappa shape index (κ2) is 9.19. The molecule has 4 aromatic rings. The molecule has 0 atom stereocenters. The van der Waals surface area contributed by atoms with Crippen molar-refractivity contribution in [3.05, 3.63) is 120 Å². The van der Waals surface area contributed by atoms with E-state index in [1.807, 2.05) is 0 Å². The maximum Gasteiger partial charge on any atom is 0.116 e. The topological polar surface area (TPSA) is 20.2 Å². The molecule has 1 N–H and O–H groups in total. The molecule has 0 radical (unpaired) electrons. The van der Waals surface area contributed by atoms with E-state index in [4.69, 9.17) is 20.6 Å². The quantitative estimate of drug-likeness (QED) is 0.448. The van der Waals surface area contributed by atoms with E-state index in [1.165, 1.54) is 24.3 Å². The van der Waals surface area contributed by atoms with Gasteiger partial charge in [0, 0.05) is 0 Å². The van der Waals surface area contributed by atoms with Gasteiger partial charge in [-0.3, -0.25) is 0 Å². The van der Waals surface area contributed by atoms with E-state index >= 15 is 0 Å². The summed E-state index contributed by atoms with van der Waals surface area (Å²) < 4.78 is 128. The third-order valence-electron chi connectivity index (χ3n) is 3.94. The first kappa shape index (κ1) is 8.53. The third-order valence-corrected chi connectivity index (χ3v) is 7.74. The van der Waals surface area contributed by atoms with Crippen molar-refractivity contribution in [1.82, 2.24) is 0 Å². The molecular weight excluding hydrogens is 427 g/mol. The van der Waals surface area contributed by atoms with Gasteiger partial charge in [-0.25, -0.2) is 0 Å². The van der Waals surface area contributed by atoms with E-state index in [0.29, 0.717) is 0 Å². The monoisotopic (exact) mass is 463 g/mol. The van der Waals surface area contributed by atoms with Crippen LogP contribution < -0.4 is 32.9 Å². The molecular formula is C25H22BrOP. The standard InChI is InChI=1S/C25H21OP.BrH/c26-22-12-10-11-21(19-22)20-27(23-13-4-1-5-14-23,24-15-6-2-7-16-24)25-17-8-3-9-18-25;/h1-19H,20H2;1H/i1D,2D,3D,4D,5D,6D,7D,8D,9D,13D,14D,15D,16D,17D,18D;. The van der Waals surface area contributed by atoms with E-state index in [1.54, 1.807) is 0 Å². The van der Waals surface area contributed by atoms with Crippen LogP contribution in [-0.4, -0.2) is 5.11 Å². The van der Waals surface area contributed by atoms with Gasteiger partial charge >= 0.3 is 0 Å². The summed E-state index contributed by atoms with van der Waals surface area (Å²) in [6.45, 7) is 0. The average molecular weight is 464 g/mol. The number of phenols is 1. The van der Waals surface area contributed by atoms with Crippen molar-refractivity contribution in [2.45, 2.75) is 6.16 Å². The first-order valence-corrected chi connectivity index (χ1v) is 9.86. The zero-order valence-electron chi connectivity index (χ0n) is 29.3. The van der Waals surface area contributed by atoms with Crippen LogP contribution >= 0.6 is 7.26 Å². The zero-order valence-corrected chi connectivity index (χ0v) is 16.8. The van der Waals surface area contributed by atoms with E-state index in [9.17, 15) is 5.11 Å². The molecule has 0 saturated carbocycles. The number of aromatic hydroxyl groups is 1. The summed E-state index contributed by atoms with van der Waals surface area (Å²) in [7, 11) is -4.45. The van der Waals surface area contributed by atoms with Crippen LogP contribution in [0.15, 0.2) is 115 Å². The third kappa shape index (κ3) is 4.04. The molecule has 0 unspecified atom stereocenters. The first-order chi connectivity index (χ1) is 19.5. The summed E-state index contributed by atoms with van der Waals surface area (Å²) in [6.07, 6.45) is -0.530. The molecule has 140 valence electrons. The Labute approximate surface area is 198 Å². The fourth-order valence-corrected chi connectivity index (χ4v) is 6.17. The Morgan fingerprint density at radius 1 is 0.679 bits per heavy atom. The molecule has 0 saturated heterocycles. The van der Waals surface area contributed by atoms with Gasteiger partial charge in [-0.15, -0.1) is 0 Å². The summed E-state index contributed by atoms with van der Waals surface area (Å²) in [5.74, 6) is -0.256. The molecule has 0 amide bonds. The molecule has 0 aliphatic carbocycles. The number of benzene rings is 4. The van der Waals surface area contributed by atoms with Crippen molar-refractivity contribution in [2.24, 2.45) is 0 Å². The smallest absolute Gasteiger partial charge is 0.116 e. The Kier molecular flexibility index (Phi) is 2.80. The predicted molar refractivity (Wildman–Crippen MR) is 117 cm³/mol. The largest absolute Gasteiger partial charge is 1.00 e. The van der Waals surface area contributed by atoms with E-state index in [2.05, 4.69) is 0 Å². The van der Waals surface area contributed by atoms with Gasteiger partial charge in [0.25, 0.3) is 0 Å². The number of phenolic OH excluding ortho intramolecular Hbond substituents is 1. The fraction of sp³-hybridized carbons (Fsp3) is 0.0400. The molecule has 3 heteroatoms. The van der Waals surface area contributed by atoms with Crippen molar-refractivity contribution in [3.8, 4) is 5.75 Å². The molecule has 0 bridgehead atoms. The fourth-order valence-electron chi connectivity index (χ4n) is 2.80. The molecule has 1 nitrogen and oxygen atoms in total. The minimum absolute atomic E-state index is 0. The maximum atomic E-state index is 10.3. The predicted octanol–water partition coefficient (Wildman–Crippen LogP) is 1.89. The van der Waals surface area contributed by atoms with Gasteiger partial charge in [-0.05, 0) is 54.0 Å². The van der Waals surface area contributed by atoms with E-state index < -0.39 is 120 Å². The van der Waals surface area contributed by atoms with Gasteiger partial charge in [-0.1, -0.05) is 66.5 Å². The SMILES string of the molecule is [2H]c1c([2H])c([2H])c([P+](Cc2cccc(O)c2)(c2c([2H])c([2H])c([2H])c([2H])c2[2H])c2c([2H])c([2H])c([2H])c([2H])c2[2H])c([2H])c1[2H].[Br-]. The lowest BCUT2D eigenvalue weighted by atomic mass is 10.2. The van der Waals surface area contributed by atoms with Crippen molar-refractivity contribution < 1.29 is 42.6 Å². The Morgan fingerprint density at radius 2 is 1.11 bits per heavy atom. The Morgan fingerprint density at radius 3 is 1.50 bits per heavy atom. The normalized spacial score (nSPS) is 18.4. The second-order valence-corrected chi connectivity index (χ2v) is 8.84. The van der Waals surface area contributed by atoms with Crippen LogP contribution in [-0.2, 0) is 6.16 Å². The molecule has 0 heterocycles. The van der Waals surface area contributed by atoms with Crippen LogP contribution in [0.2, 0.25) is 0 Å². The van der Waals surface area contributed by atoms with Crippen LogP contribution in [0.1, 0.15) is 26.1 Å². The molecule has 0 fully saturated rings. The maximum absolute atomic E-state index is 10.3. The van der Waals surface area contributed by atoms with Crippen LogP contribution in [0.25, 0.3) is 0 Å².